The fourth-order valence-corrected chi connectivity index (χ4v) is 1.85. The Hall–Kier alpha value is -0.870. The van der Waals surface area contributed by atoms with E-state index in [9.17, 15) is 4.79 Å². The Labute approximate surface area is 90.3 Å². The molecule has 1 saturated carbocycles. The first-order valence-corrected chi connectivity index (χ1v) is 5.56. The molecule has 2 aliphatic rings. The molecule has 0 aromatic rings. The molecular weight excluding hydrogens is 192 g/mol. The van der Waals surface area contributed by atoms with Gasteiger partial charge in [0.05, 0.1) is 6.61 Å². The van der Waals surface area contributed by atoms with Crippen LogP contribution in [0.1, 0.15) is 12.8 Å². The van der Waals surface area contributed by atoms with Crippen LogP contribution in [0, 0.1) is 0 Å². The van der Waals surface area contributed by atoms with Gasteiger partial charge in [-0.1, -0.05) is 6.08 Å². The van der Waals surface area contributed by atoms with Crippen LogP contribution in [0.4, 0.5) is 0 Å². The quantitative estimate of drug-likeness (QED) is 0.672. The highest BCUT2D eigenvalue weighted by Crippen LogP contribution is 2.27. The van der Waals surface area contributed by atoms with E-state index in [0.29, 0.717) is 25.7 Å². The maximum absolute atomic E-state index is 12.1. The fourth-order valence-electron chi connectivity index (χ4n) is 1.85. The molecule has 1 unspecified atom stereocenters. The number of hydrogen-bond donors (Lipinski definition) is 1. The van der Waals surface area contributed by atoms with Gasteiger partial charge in [0.2, 0.25) is 0 Å². The van der Waals surface area contributed by atoms with Crippen molar-refractivity contribution < 1.29 is 9.53 Å². The third kappa shape index (κ3) is 2.58. The first-order valence-electron chi connectivity index (χ1n) is 5.56. The van der Waals surface area contributed by atoms with Gasteiger partial charge in [-0.2, -0.15) is 0 Å². The average molecular weight is 210 g/mol. The van der Waals surface area contributed by atoms with Gasteiger partial charge in [0.1, 0.15) is 6.10 Å². The normalized spacial score (nSPS) is 26.0. The molecule has 0 spiro atoms. The van der Waals surface area contributed by atoms with E-state index >= 15 is 0 Å². The molecule has 1 aliphatic heterocycles. The predicted molar refractivity (Wildman–Crippen MR) is 57.5 cm³/mol. The van der Waals surface area contributed by atoms with E-state index in [1.54, 1.807) is 6.08 Å². The molecule has 0 radical (unpaired) electrons. The maximum atomic E-state index is 12.1. The molecule has 1 amide bonds. The van der Waals surface area contributed by atoms with Crippen LogP contribution in [-0.2, 0) is 9.53 Å². The second-order valence-electron chi connectivity index (χ2n) is 4.07. The highest BCUT2D eigenvalue weighted by molar-refractivity contribution is 5.82. The van der Waals surface area contributed by atoms with Crippen LogP contribution in [0.5, 0.6) is 0 Å². The summed E-state index contributed by atoms with van der Waals surface area (Å²) >= 11 is 0. The Balaban J connectivity index is 1.93. The van der Waals surface area contributed by atoms with Crippen molar-refractivity contribution in [2.75, 3.05) is 26.2 Å². The summed E-state index contributed by atoms with van der Waals surface area (Å²) in [4.78, 5) is 14.0. The minimum Gasteiger partial charge on any atom is -0.366 e. The molecule has 84 valence electrons. The van der Waals surface area contributed by atoms with Crippen LogP contribution in [0.3, 0.4) is 0 Å². The summed E-state index contributed by atoms with van der Waals surface area (Å²) < 4.78 is 5.46. The van der Waals surface area contributed by atoms with E-state index in [1.165, 1.54) is 0 Å². The van der Waals surface area contributed by atoms with Crippen LogP contribution in [-0.4, -0.2) is 49.2 Å². The molecule has 15 heavy (non-hydrogen) atoms. The van der Waals surface area contributed by atoms with E-state index in [0.717, 1.165) is 19.4 Å². The van der Waals surface area contributed by atoms with E-state index in [2.05, 4.69) is 11.9 Å². The molecule has 2 rings (SSSR count). The van der Waals surface area contributed by atoms with Gasteiger partial charge < -0.3 is 15.0 Å². The van der Waals surface area contributed by atoms with Gasteiger partial charge in [0, 0.05) is 25.7 Å². The number of ether oxygens (including phenoxy) is 1. The topological polar surface area (TPSA) is 41.6 Å². The fraction of sp³-hybridized carbons (Fsp3) is 0.727. The smallest absolute Gasteiger partial charge is 0.253 e. The zero-order chi connectivity index (χ0) is 10.7. The molecule has 1 atom stereocenters. The van der Waals surface area contributed by atoms with Crippen LogP contribution >= 0.6 is 0 Å². The lowest BCUT2D eigenvalue weighted by molar-refractivity contribution is -0.145. The maximum Gasteiger partial charge on any atom is 0.253 e. The van der Waals surface area contributed by atoms with E-state index in [4.69, 9.17) is 4.74 Å². The molecule has 0 aromatic heterocycles. The van der Waals surface area contributed by atoms with Crippen molar-refractivity contribution in [3.63, 3.8) is 0 Å². The van der Waals surface area contributed by atoms with Crippen LogP contribution < -0.4 is 5.32 Å². The van der Waals surface area contributed by atoms with E-state index in [-0.39, 0.29) is 12.0 Å². The third-order valence-corrected chi connectivity index (χ3v) is 2.80. The number of morpholine rings is 1. The summed E-state index contributed by atoms with van der Waals surface area (Å²) in [5.74, 6) is 0.115. The number of amides is 1. The van der Waals surface area contributed by atoms with Crippen LogP contribution in [0.25, 0.3) is 0 Å². The zero-order valence-corrected chi connectivity index (χ0v) is 8.95. The minimum atomic E-state index is -0.292. The van der Waals surface area contributed by atoms with Gasteiger partial charge >= 0.3 is 0 Å². The number of rotatable bonds is 4. The molecule has 1 heterocycles. The highest BCUT2D eigenvalue weighted by atomic mass is 16.5. The Morgan fingerprint density at radius 1 is 1.60 bits per heavy atom. The monoisotopic (exact) mass is 210 g/mol. The minimum absolute atomic E-state index is 0.115. The second-order valence-corrected chi connectivity index (χ2v) is 4.07. The zero-order valence-electron chi connectivity index (χ0n) is 8.95. The van der Waals surface area contributed by atoms with Gasteiger partial charge in [-0.15, -0.1) is 6.58 Å². The Bertz CT molecular complexity index is 245. The first-order chi connectivity index (χ1) is 7.33. The van der Waals surface area contributed by atoms with E-state index < -0.39 is 0 Å². The summed E-state index contributed by atoms with van der Waals surface area (Å²) in [5, 5.41) is 3.17. The molecule has 0 bridgehead atoms. The van der Waals surface area contributed by atoms with Crippen molar-refractivity contribution in [2.24, 2.45) is 0 Å². The van der Waals surface area contributed by atoms with Crippen molar-refractivity contribution in [1.29, 1.82) is 0 Å². The Kier molecular flexibility index (Phi) is 3.38. The highest BCUT2D eigenvalue weighted by Gasteiger charge is 2.35. The number of nitrogens with one attached hydrogen (secondary N) is 1. The lowest BCUT2D eigenvalue weighted by Crippen LogP contribution is -2.50. The third-order valence-electron chi connectivity index (χ3n) is 2.80. The lowest BCUT2D eigenvalue weighted by Gasteiger charge is -2.29. The van der Waals surface area contributed by atoms with Crippen molar-refractivity contribution in [3.8, 4) is 0 Å². The lowest BCUT2D eigenvalue weighted by atomic mass is 10.2. The summed E-state index contributed by atoms with van der Waals surface area (Å²) in [5.41, 5.74) is 0. The first kappa shape index (κ1) is 10.6. The number of carbonyl (C=O) groups excluding carboxylic acids is 1. The molecule has 1 N–H and O–H groups in total. The molecule has 2 fully saturated rings. The summed E-state index contributed by atoms with van der Waals surface area (Å²) in [7, 11) is 0. The molecule has 1 saturated heterocycles. The van der Waals surface area contributed by atoms with E-state index in [1.807, 2.05) is 4.90 Å². The van der Waals surface area contributed by atoms with Crippen molar-refractivity contribution >= 4 is 5.91 Å². The molecule has 4 nitrogen and oxygen atoms in total. The largest absolute Gasteiger partial charge is 0.366 e. The van der Waals surface area contributed by atoms with Gasteiger partial charge in [-0.05, 0) is 12.8 Å². The molecule has 0 aromatic carbocycles. The number of carbonyl (C=O) groups is 1. The van der Waals surface area contributed by atoms with Gasteiger partial charge in [0.25, 0.3) is 5.91 Å². The standard InChI is InChI=1S/C11H18N2O2/c1-2-6-13(9-3-4-9)11(14)10-8-12-5-7-15-10/h2,9-10,12H,1,3-8H2. The van der Waals surface area contributed by atoms with Crippen LogP contribution in [0.15, 0.2) is 12.7 Å². The van der Waals surface area contributed by atoms with Crippen molar-refractivity contribution in [2.45, 2.75) is 25.0 Å². The Morgan fingerprint density at radius 3 is 2.93 bits per heavy atom. The predicted octanol–water partition coefficient (Wildman–Crippen LogP) is 0.152. The average Bonchev–Trinajstić information content (AvgIpc) is 3.10. The number of hydrogen-bond acceptors (Lipinski definition) is 3. The molecule has 4 heteroatoms. The molecule has 1 aliphatic carbocycles. The summed E-state index contributed by atoms with van der Waals surface area (Å²) in [6, 6.07) is 0.432. The number of nitrogens with zero attached hydrogens (tertiary/aromatic N) is 1. The van der Waals surface area contributed by atoms with Crippen molar-refractivity contribution in [1.82, 2.24) is 10.2 Å². The van der Waals surface area contributed by atoms with Gasteiger partial charge in [-0.25, -0.2) is 0 Å². The second kappa shape index (κ2) is 4.77. The van der Waals surface area contributed by atoms with Crippen molar-refractivity contribution in [3.05, 3.63) is 12.7 Å². The van der Waals surface area contributed by atoms with Gasteiger partial charge in [0.15, 0.2) is 0 Å². The Morgan fingerprint density at radius 2 is 2.40 bits per heavy atom. The summed E-state index contributed by atoms with van der Waals surface area (Å²) in [6.07, 6.45) is 3.74. The molecular formula is C11H18N2O2. The van der Waals surface area contributed by atoms with Crippen LogP contribution in [0.2, 0.25) is 0 Å². The van der Waals surface area contributed by atoms with Gasteiger partial charge in [-0.3, -0.25) is 4.79 Å². The SMILES string of the molecule is C=CCN(C(=O)C1CNCCO1)C1CC1. The summed E-state index contributed by atoms with van der Waals surface area (Å²) in [6.45, 7) is 6.44.